The molecule has 9 aromatic rings. The van der Waals surface area contributed by atoms with Crippen LogP contribution in [0.5, 0.6) is 0 Å². The summed E-state index contributed by atoms with van der Waals surface area (Å²) in [5, 5.41) is 2.50. The Morgan fingerprint density at radius 3 is 1.60 bits per heavy atom. The summed E-state index contributed by atoms with van der Waals surface area (Å²) in [5.41, 5.74) is 17.4. The summed E-state index contributed by atoms with van der Waals surface area (Å²) in [4.78, 5) is 10.2. The first kappa shape index (κ1) is 32.7. The molecule has 0 atom stereocenters. The molecule has 0 aliphatic heterocycles. The van der Waals surface area contributed by atoms with Gasteiger partial charge in [-0.2, -0.15) is 0 Å². The van der Waals surface area contributed by atoms with Gasteiger partial charge < -0.3 is 0 Å². The molecule has 0 saturated heterocycles. The Morgan fingerprint density at radius 1 is 0.309 bits per heavy atom. The first-order valence-corrected chi connectivity index (χ1v) is 19.0. The molecule has 0 fully saturated rings. The molecule has 260 valence electrons. The summed E-state index contributed by atoms with van der Waals surface area (Å²) >= 11 is 0. The second-order valence-electron chi connectivity index (χ2n) is 15.0. The van der Waals surface area contributed by atoms with E-state index in [-0.39, 0.29) is 5.41 Å². The number of benzene rings is 8. The molecular weight excluding hydrogens is 665 g/mol. The molecule has 1 aliphatic rings. The van der Waals surface area contributed by atoms with Crippen molar-refractivity contribution < 1.29 is 0 Å². The van der Waals surface area contributed by atoms with E-state index < -0.39 is 0 Å². The Bertz CT molecular complexity index is 2810. The fourth-order valence-electron chi connectivity index (χ4n) is 8.35. The monoisotopic (exact) mass is 702 g/mol. The highest BCUT2D eigenvalue weighted by Gasteiger charge is 2.36. The smallest absolute Gasteiger partial charge is 0.160 e. The van der Waals surface area contributed by atoms with Gasteiger partial charge in [-0.05, 0) is 96.7 Å². The van der Waals surface area contributed by atoms with E-state index in [0.717, 1.165) is 39.2 Å². The van der Waals surface area contributed by atoms with Gasteiger partial charge in [-0.1, -0.05) is 178 Å². The molecule has 1 aliphatic carbocycles. The van der Waals surface area contributed by atoms with E-state index in [1.165, 1.54) is 55.3 Å². The molecule has 55 heavy (non-hydrogen) atoms. The van der Waals surface area contributed by atoms with Crippen molar-refractivity contribution in [1.29, 1.82) is 0 Å². The third-order valence-corrected chi connectivity index (χ3v) is 11.3. The van der Waals surface area contributed by atoms with E-state index in [4.69, 9.17) is 9.97 Å². The van der Waals surface area contributed by atoms with Gasteiger partial charge in [-0.25, -0.2) is 9.97 Å². The van der Waals surface area contributed by atoms with E-state index in [9.17, 15) is 0 Å². The zero-order valence-electron chi connectivity index (χ0n) is 30.9. The average molecular weight is 703 g/mol. The quantitative estimate of drug-likeness (QED) is 0.172. The molecule has 0 N–H and O–H groups in total. The molecule has 2 nitrogen and oxygen atoms in total. The Hall–Kier alpha value is -6.90. The lowest BCUT2D eigenvalue weighted by Gasteiger charge is -2.23. The second-order valence-corrected chi connectivity index (χ2v) is 15.0. The Balaban J connectivity index is 1.06. The Labute approximate surface area is 322 Å². The van der Waals surface area contributed by atoms with Crippen LogP contribution in [0.4, 0.5) is 0 Å². The van der Waals surface area contributed by atoms with Gasteiger partial charge in [0.05, 0.1) is 11.4 Å². The van der Waals surface area contributed by atoms with E-state index >= 15 is 0 Å². The third-order valence-electron chi connectivity index (χ3n) is 11.3. The van der Waals surface area contributed by atoms with Gasteiger partial charge in [0.1, 0.15) is 0 Å². The normalized spacial score (nSPS) is 12.7. The summed E-state index contributed by atoms with van der Waals surface area (Å²) in [6, 6.07) is 69.7. The van der Waals surface area contributed by atoms with Crippen LogP contribution < -0.4 is 0 Å². The second kappa shape index (κ2) is 13.2. The third kappa shape index (κ3) is 5.84. The van der Waals surface area contributed by atoms with Gasteiger partial charge in [0, 0.05) is 22.1 Å². The van der Waals surface area contributed by atoms with E-state index in [0.29, 0.717) is 5.82 Å². The minimum Gasteiger partial charge on any atom is -0.228 e. The highest BCUT2D eigenvalue weighted by molar-refractivity contribution is 5.96. The lowest BCUT2D eigenvalue weighted by molar-refractivity contribution is 0.660. The van der Waals surface area contributed by atoms with Crippen molar-refractivity contribution in [2.24, 2.45) is 0 Å². The summed E-state index contributed by atoms with van der Waals surface area (Å²) in [7, 11) is 0. The summed E-state index contributed by atoms with van der Waals surface area (Å²) in [5.74, 6) is 0.709. The number of fused-ring (bicyclic) bond motifs is 4. The zero-order valence-corrected chi connectivity index (χ0v) is 30.9. The molecule has 0 spiro atoms. The van der Waals surface area contributed by atoms with Crippen LogP contribution in [0.3, 0.4) is 0 Å². The molecule has 10 rings (SSSR count). The molecule has 0 bridgehead atoms. The molecule has 0 unspecified atom stereocenters. The van der Waals surface area contributed by atoms with Gasteiger partial charge in [-0.3, -0.25) is 0 Å². The van der Waals surface area contributed by atoms with Crippen LogP contribution in [0.2, 0.25) is 0 Å². The summed E-state index contributed by atoms with van der Waals surface area (Å²) in [6.45, 7) is 4.71. The van der Waals surface area contributed by atoms with Crippen LogP contribution in [0, 0.1) is 0 Å². The van der Waals surface area contributed by atoms with Crippen LogP contribution >= 0.6 is 0 Å². The minimum absolute atomic E-state index is 0.0940. The standard InChI is InChI=1S/C53H38N2/c1-53(2)48-23-12-11-22-44(48)47-32-45(42-29-26-35-14-9-10-19-40(35)30-42)46(33-49(47)53)37-27-24-36(25-28-37)41-20-13-21-43(31-41)52-54-50(38-15-5-3-6-16-38)34-51(55-52)39-17-7-4-8-18-39/h3-34H,1-2H3. The number of nitrogens with zero attached hydrogens (tertiary/aromatic N) is 2. The first-order valence-electron chi connectivity index (χ1n) is 19.0. The van der Waals surface area contributed by atoms with Crippen LogP contribution in [0.15, 0.2) is 194 Å². The maximum atomic E-state index is 5.09. The van der Waals surface area contributed by atoms with Gasteiger partial charge >= 0.3 is 0 Å². The van der Waals surface area contributed by atoms with Crippen molar-refractivity contribution in [1.82, 2.24) is 9.97 Å². The first-order chi connectivity index (χ1) is 27.0. The van der Waals surface area contributed by atoms with E-state index in [1.807, 2.05) is 12.1 Å². The molecule has 2 heteroatoms. The van der Waals surface area contributed by atoms with Crippen molar-refractivity contribution in [3.63, 3.8) is 0 Å². The average Bonchev–Trinajstić information content (AvgIpc) is 3.48. The minimum atomic E-state index is -0.0940. The molecule has 0 saturated carbocycles. The topological polar surface area (TPSA) is 25.8 Å². The van der Waals surface area contributed by atoms with Crippen molar-refractivity contribution in [2.75, 3.05) is 0 Å². The predicted molar refractivity (Wildman–Crippen MR) is 230 cm³/mol. The lowest BCUT2D eigenvalue weighted by atomic mass is 9.80. The molecule has 0 radical (unpaired) electrons. The van der Waals surface area contributed by atoms with Gasteiger partial charge in [0.2, 0.25) is 0 Å². The number of aromatic nitrogens is 2. The zero-order chi connectivity index (χ0) is 36.9. The maximum absolute atomic E-state index is 5.09. The van der Waals surface area contributed by atoms with Crippen LogP contribution in [0.1, 0.15) is 25.0 Å². The van der Waals surface area contributed by atoms with Crippen LogP contribution in [-0.2, 0) is 5.41 Å². The summed E-state index contributed by atoms with van der Waals surface area (Å²) in [6.07, 6.45) is 0. The number of rotatable bonds is 6. The Kier molecular flexibility index (Phi) is 7.85. The molecule has 8 aromatic carbocycles. The van der Waals surface area contributed by atoms with Gasteiger partial charge in [-0.15, -0.1) is 0 Å². The predicted octanol–water partition coefficient (Wildman–Crippen LogP) is 13.9. The van der Waals surface area contributed by atoms with Gasteiger partial charge in [0.25, 0.3) is 0 Å². The number of hydrogen-bond donors (Lipinski definition) is 0. The van der Waals surface area contributed by atoms with Crippen molar-refractivity contribution in [3.05, 3.63) is 205 Å². The molecule has 1 aromatic heterocycles. The van der Waals surface area contributed by atoms with E-state index in [2.05, 4.69) is 196 Å². The van der Waals surface area contributed by atoms with Crippen LogP contribution in [-0.4, -0.2) is 9.97 Å². The molecule has 0 amide bonds. The van der Waals surface area contributed by atoms with E-state index in [1.54, 1.807) is 0 Å². The Morgan fingerprint density at radius 2 is 0.873 bits per heavy atom. The van der Waals surface area contributed by atoms with Crippen LogP contribution in [0.25, 0.3) is 89.2 Å². The highest BCUT2D eigenvalue weighted by Crippen LogP contribution is 2.52. The molecule has 1 heterocycles. The highest BCUT2D eigenvalue weighted by atomic mass is 14.9. The fraction of sp³-hybridized carbons (Fsp3) is 0.0566. The van der Waals surface area contributed by atoms with Crippen molar-refractivity contribution in [2.45, 2.75) is 19.3 Å². The lowest BCUT2D eigenvalue weighted by Crippen LogP contribution is -2.15. The SMILES string of the molecule is CC1(C)c2ccccc2-c2cc(-c3ccc4ccccc4c3)c(-c3ccc(-c4cccc(-c5nc(-c6ccccc6)cc(-c6ccccc6)n5)c4)cc3)cc21. The largest absolute Gasteiger partial charge is 0.228 e. The molecular formula is C53H38N2. The summed E-state index contributed by atoms with van der Waals surface area (Å²) < 4.78 is 0. The fourth-order valence-corrected chi connectivity index (χ4v) is 8.35. The van der Waals surface area contributed by atoms with Gasteiger partial charge in [0.15, 0.2) is 5.82 Å². The number of hydrogen-bond acceptors (Lipinski definition) is 2. The maximum Gasteiger partial charge on any atom is 0.160 e. The van der Waals surface area contributed by atoms with Crippen molar-refractivity contribution in [3.8, 4) is 78.4 Å². The van der Waals surface area contributed by atoms with Crippen molar-refractivity contribution >= 4 is 10.8 Å².